The van der Waals surface area contributed by atoms with Crippen molar-refractivity contribution in [2.24, 2.45) is 0 Å². The molecule has 2 rings (SSSR count). The first-order valence-electron chi connectivity index (χ1n) is 12.0. The standard InChI is InChI=1S/C26H36ClN3O5S/c1-5-17-28-26(32)24(6-2)29(19-20-9-15-23(35-3)16-10-20)25(31)8-7-18-30(36(4,33)34)22-13-11-21(27)12-14-22/h9-16,24H,5-8,17-19H2,1-4H3,(H,28,32)/t24-/m0/s1. The Morgan fingerprint density at radius 1 is 1.06 bits per heavy atom. The summed E-state index contributed by atoms with van der Waals surface area (Å²) in [6.07, 6.45) is 2.76. The molecule has 0 spiro atoms. The fraction of sp³-hybridized carbons (Fsp3) is 0.462. The minimum absolute atomic E-state index is 0.0906. The van der Waals surface area contributed by atoms with Crippen LogP contribution in [0.15, 0.2) is 48.5 Å². The molecule has 10 heteroatoms. The number of rotatable bonds is 14. The zero-order valence-electron chi connectivity index (χ0n) is 21.4. The summed E-state index contributed by atoms with van der Waals surface area (Å²) in [6.45, 7) is 4.76. The molecule has 198 valence electrons. The summed E-state index contributed by atoms with van der Waals surface area (Å²) in [4.78, 5) is 27.9. The normalized spacial score (nSPS) is 12.0. The highest BCUT2D eigenvalue weighted by atomic mass is 35.5. The lowest BCUT2D eigenvalue weighted by molar-refractivity contribution is -0.141. The monoisotopic (exact) mass is 537 g/mol. The van der Waals surface area contributed by atoms with E-state index >= 15 is 0 Å². The predicted molar refractivity (Wildman–Crippen MR) is 144 cm³/mol. The van der Waals surface area contributed by atoms with E-state index in [0.717, 1.165) is 18.2 Å². The summed E-state index contributed by atoms with van der Waals surface area (Å²) >= 11 is 5.94. The summed E-state index contributed by atoms with van der Waals surface area (Å²) in [5.41, 5.74) is 1.35. The Morgan fingerprint density at radius 3 is 2.22 bits per heavy atom. The van der Waals surface area contributed by atoms with Crippen molar-refractivity contribution in [3.05, 3.63) is 59.1 Å². The largest absolute Gasteiger partial charge is 0.497 e. The summed E-state index contributed by atoms with van der Waals surface area (Å²) in [5.74, 6) is 0.293. The van der Waals surface area contributed by atoms with Gasteiger partial charge in [-0.05, 0) is 61.2 Å². The quantitative estimate of drug-likeness (QED) is 0.389. The van der Waals surface area contributed by atoms with Crippen LogP contribution in [0.25, 0.3) is 0 Å². The molecule has 0 heterocycles. The van der Waals surface area contributed by atoms with Crippen LogP contribution in [0, 0.1) is 0 Å². The van der Waals surface area contributed by atoms with E-state index in [9.17, 15) is 18.0 Å². The van der Waals surface area contributed by atoms with E-state index in [1.807, 2.05) is 38.1 Å². The lowest BCUT2D eigenvalue weighted by atomic mass is 10.1. The van der Waals surface area contributed by atoms with Crippen LogP contribution < -0.4 is 14.4 Å². The Kier molecular flexibility index (Phi) is 11.5. The number of benzene rings is 2. The van der Waals surface area contributed by atoms with Gasteiger partial charge in [0.15, 0.2) is 0 Å². The maximum Gasteiger partial charge on any atom is 0.242 e. The van der Waals surface area contributed by atoms with Gasteiger partial charge in [-0.25, -0.2) is 8.42 Å². The number of nitrogens with one attached hydrogen (secondary N) is 1. The molecule has 8 nitrogen and oxygen atoms in total. The summed E-state index contributed by atoms with van der Waals surface area (Å²) in [7, 11) is -1.98. The topological polar surface area (TPSA) is 96.0 Å². The van der Waals surface area contributed by atoms with Crippen molar-refractivity contribution >= 4 is 39.1 Å². The first-order valence-corrected chi connectivity index (χ1v) is 14.3. The van der Waals surface area contributed by atoms with E-state index in [4.69, 9.17) is 16.3 Å². The van der Waals surface area contributed by atoms with E-state index in [-0.39, 0.29) is 31.3 Å². The SMILES string of the molecule is CCCNC(=O)[C@H](CC)N(Cc1ccc(OC)cc1)C(=O)CCCN(c1ccc(Cl)cc1)S(C)(=O)=O. The molecule has 1 atom stereocenters. The first-order chi connectivity index (χ1) is 17.1. The summed E-state index contributed by atoms with van der Waals surface area (Å²) in [6, 6.07) is 13.2. The summed E-state index contributed by atoms with van der Waals surface area (Å²) in [5, 5.41) is 3.40. The number of carbonyl (C=O) groups excluding carboxylic acids is 2. The van der Waals surface area contributed by atoms with Gasteiger partial charge in [0.2, 0.25) is 21.8 Å². The number of carbonyl (C=O) groups is 2. The van der Waals surface area contributed by atoms with Crippen LogP contribution >= 0.6 is 11.6 Å². The second kappa shape index (κ2) is 14.1. The van der Waals surface area contributed by atoms with E-state index < -0.39 is 16.1 Å². The molecular formula is C26H36ClN3O5S. The third-order valence-corrected chi connectivity index (χ3v) is 7.16. The van der Waals surface area contributed by atoms with Crippen LogP contribution in [-0.4, -0.2) is 57.6 Å². The van der Waals surface area contributed by atoms with Crippen molar-refractivity contribution in [3.63, 3.8) is 0 Å². The maximum absolute atomic E-state index is 13.4. The van der Waals surface area contributed by atoms with Gasteiger partial charge in [0.1, 0.15) is 11.8 Å². The van der Waals surface area contributed by atoms with Gasteiger partial charge < -0.3 is 15.0 Å². The average molecular weight is 538 g/mol. The van der Waals surface area contributed by atoms with Crippen molar-refractivity contribution in [1.29, 1.82) is 0 Å². The molecule has 1 N–H and O–H groups in total. The van der Waals surface area contributed by atoms with E-state index in [2.05, 4.69) is 5.32 Å². The summed E-state index contributed by atoms with van der Waals surface area (Å²) < 4.78 is 31.3. The van der Waals surface area contributed by atoms with Crippen molar-refractivity contribution < 1.29 is 22.7 Å². The molecule has 0 saturated carbocycles. The molecule has 2 aromatic rings. The molecule has 0 radical (unpaired) electrons. The van der Waals surface area contributed by atoms with Crippen LogP contribution in [0.5, 0.6) is 5.75 Å². The number of methoxy groups -OCH3 is 1. The first kappa shape index (κ1) is 29.5. The molecule has 0 unspecified atom stereocenters. The lowest BCUT2D eigenvalue weighted by Gasteiger charge is -2.31. The zero-order valence-corrected chi connectivity index (χ0v) is 22.9. The molecule has 0 aromatic heterocycles. The Morgan fingerprint density at radius 2 is 1.69 bits per heavy atom. The minimum Gasteiger partial charge on any atom is -0.497 e. The molecule has 0 bridgehead atoms. The van der Waals surface area contributed by atoms with Crippen LogP contribution in [0.1, 0.15) is 45.1 Å². The minimum atomic E-state index is -3.56. The smallest absolute Gasteiger partial charge is 0.242 e. The molecule has 2 amide bonds. The zero-order chi connectivity index (χ0) is 26.7. The maximum atomic E-state index is 13.4. The number of halogens is 1. The van der Waals surface area contributed by atoms with Gasteiger partial charge in [0.25, 0.3) is 0 Å². The number of hydrogen-bond acceptors (Lipinski definition) is 5. The van der Waals surface area contributed by atoms with E-state index in [1.165, 1.54) is 4.31 Å². The highest BCUT2D eigenvalue weighted by molar-refractivity contribution is 7.92. The Bertz CT molecular complexity index is 1090. The van der Waals surface area contributed by atoms with Crippen LogP contribution in [-0.2, 0) is 26.2 Å². The number of sulfonamides is 1. The van der Waals surface area contributed by atoms with Crippen LogP contribution in [0.4, 0.5) is 5.69 Å². The fourth-order valence-corrected chi connectivity index (χ4v) is 4.92. The number of hydrogen-bond donors (Lipinski definition) is 1. The van der Waals surface area contributed by atoms with Crippen molar-refractivity contribution in [3.8, 4) is 5.75 Å². The third-order valence-electron chi connectivity index (χ3n) is 5.71. The average Bonchev–Trinajstić information content (AvgIpc) is 2.85. The van der Waals surface area contributed by atoms with Gasteiger partial charge in [-0.3, -0.25) is 13.9 Å². The molecule has 36 heavy (non-hydrogen) atoms. The van der Waals surface area contributed by atoms with Gasteiger partial charge in [-0.2, -0.15) is 0 Å². The Hall–Kier alpha value is -2.78. The Labute approximate surface area is 219 Å². The van der Waals surface area contributed by atoms with Crippen LogP contribution in [0.3, 0.4) is 0 Å². The molecule has 0 aliphatic carbocycles. The molecule has 0 fully saturated rings. The number of anilines is 1. The van der Waals surface area contributed by atoms with Crippen molar-refractivity contribution in [2.45, 2.75) is 52.1 Å². The number of nitrogens with zero attached hydrogens (tertiary/aromatic N) is 2. The molecular weight excluding hydrogens is 502 g/mol. The third kappa shape index (κ3) is 8.71. The van der Waals surface area contributed by atoms with Crippen molar-refractivity contribution in [1.82, 2.24) is 10.2 Å². The van der Waals surface area contributed by atoms with Crippen molar-refractivity contribution in [2.75, 3.05) is 30.8 Å². The molecule has 0 aliphatic heterocycles. The number of ether oxygens (including phenoxy) is 1. The second-order valence-corrected chi connectivity index (χ2v) is 10.8. The van der Waals surface area contributed by atoms with E-state index in [0.29, 0.717) is 35.8 Å². The van der Waals surface area contributed by atoms with Gasteiger partial charge in [-0.15, -0.1) is 0 Å². The number of amides is 2. The van der Waals surface area contributed by atoms with Gasteiger partial charge >= 0.3 is 0 Å². The molecule has 0 saturated heterocycles. The molecule has 2 aromatic carbocycles. The Balaban J connectivity index is 2.19. The van der Waals surface area contributed by atoms with Gasteiger partial charge in [0.05, 0.1) is 19.1 Å². The fourth-order valence-electron chi connectivity index (χ4n) is 3.82. The van der Waals surface area contributed by atoms with Gasteiger partial charge in [0, 0.05) is 31.1 Å². The molecule has 0 aliphatic rings. The van der Waals surface area contributed by atoms with Crippen LogP contribution in [0.2, 0.25) is 5.02 Å². The lowest BCUT2D eigenvalue weighted by Crippen LogP contribution is -2.49. The van der Waals surface area contributed by atoms with Gasteiger partial charge in [-0.1, -0.05) is 37.6 Å². The highest BCUT2D eigenvalue weighted by Crippen LogP contribution is 2.22. The highest BCUT2D eigenvalue weighted by Gasteiger charge is 2.28. The van der Waals surface area contributed by atoms with E-state index in [1.54, 1.807) is 36.3 Å². The second-order valence-electron chi connectivity index (χ2n) is 8.50. The predicted octanol–water partition coefficient (Wildman–Crippen LogP) is 4.23.